The second kappa shape index (κ2) is 9.72. The van der Waals surface area contributed by atoms with Crippen LogP contribution in [0.15, 0.2) is 35.1 Å². The molecule has 0 spiro atoms. The number of benzene rings is 1. The average Bonchev–Trinajstić information content (AvgIpc) is 3.10. The van der Waals surface area contributed by atoms with E-state index >= 15 is 0 Å². The summed E-state index contributed by atoms with van der Waals surface area (Å²) in [6, 6.07) is 6.86. The summed E-state index contributed by atoms with van der Waals surface area (Å²) in [5.74, 6) is 0.719. The number of guanidine groups is 1. The average molecular weight is 482 g/mol. The van der Waals surface area contributed by atoms with E-state index in [-0.39, 0.29) is 5.92 Å². The largest absolute Gasteiger partial charge is 0.479 e. The van der Waals surface area contributed by atoms with E-state index in [1.165, 1.54) is 6.21 Å². The number of halogens is 1. The van der Waals surface area contributed by atoms with Crippen LogP contribution in [0.4, 0.5) is 17.1 Å². The molecule has 0 saturated heterocycles. The number of aromatic nitrogens is 1. The lowest BCUT2D eigenvalue weighted by Crippen LogP contribution is -2.35. The molecule has 2 aliphatic rings. The first kappa shape index (κ1) is 23.6. The standard InChI is InChI=1S/C24H28ClN7O2/c1-13-5-4-6-34-23(28-3)16(11-26)19-8-15(7-14(2)29-19)22(33)31-24-30-20-9-17(25)18(27)10-21(20)32(24)12-13/h7-11,13,26,28H,4-6,12,27H2,1-3H3,(H,30,31,33)/b23-16-,26-11?. The van der Waals surface area contributed by atoms with Crippen LogP contribution >= 0.6 is 11.6 Å². The zero-order valence-electron chi connectivity index (χ0n) is 19.4. The van der Waals surface area contributed by atoms with Gasteiger partial charge in [0.2, 0.25) is 5.96 Å². The third-order valence-corrected chi connectivity index (χ3v) is 6.12. The zero-order chi connectivity index (χ0) is 24.4. The Hall–Kier alpha value is -3.59. The predicted molar refractivity (Wildman–Crippen MR) is 137 cm³/mol. The number of carbonyl (C=O) groups is 1. The van der Waals surface area contributed by atoms with E-state index in [0.29, 0.717) is 58.2 Å². The fourth-order valence-electron chi connectivity index (χ4n) is 4.12. The molecular formula is C24H28ClN7O2. The van der Waals surface area contributed by atoms with Crippen LogP contribution in [-0.2, 0) is 4.74 Å². The van der Waals surface area contributed by atoms with Crippen LogP contribution in [0.5, 0.6) is 0 Å². The second-order valence-electron chi connectivity index (χ2n) is 8.48. The summed E-state index contributed by atoms with van der Waals surface area (Å²) in [7, 11) is 1.74. The highest BCUT2D eigenvalue weighted by atomic mass is 35.5. The number of nitrogens with one attached hydrogen (secondary N) is 3. The van der Waals surface area contributed by atoms with Gasteiger partial charge in [-0.05, 0) is 49.9 Å². The molecule has 1 amide bonds. The number of allylic oxidation sites excluding steroid dienone is 1. The molecule has 1 aromatic heterocycles. The molecular weight excluding hydrogens is 454 g/mol. The molecule has 2 aliphatic heterocycles. The van der Waals surface area contributed by atoms with Crippen molar-refractivity contribution in [1.82, 2.24) is 10.3 Å². The summed E-state index contributed by atoms with van der Waals surface area (Å²) >= 11 is 6.23. The molecule has 1 unspecified atom stereocenters. The minimum Gasteiger partial charge on any atom is -0.479 e. The van der Waals surface area contributed by atoms with E-state index in [2.05, 4.69) is 27.5 Å². The van der Waals surface area contributed by atoms with Gasteiger partial charge in [0.1, 0.15) is 0 Å². The van der Waals surface area contributed by atoms with Crippen LogP contribution in [0.2, 0.25) is 5.02 Å². The fourth-order valence-corrected chi connectivity index (χ4v) is 4.28. The Morgan fingerprint density at radius 2 is 2.15 bits per heavy atom. The molecule has 0 radical (unpaired) electrons. The monoisotopic (exact) mass is 481 g/mol. The fraction of sp³-hybridized carbons (Fsp3) is 0.333. The summed E-state index contributed by atoms with van der Waals surface area (Å²) in [6.07, 6.45) is 2.88. The highest BCUT2D eigenvalue weighted by Crippen LogP contribution is 2.39. The van der Waals surface area contributed by atoms with Gasteiger partial charge in [-0.15, -0.1) is 0 Å². The maximum absolute atomic E-state index is 13.3. The number of rotatable bonds is 2. The van der Waals surface area contributed by atoms with E-state index in [0.717, 1.165) is 24.2 Å². The SMILES string of the molecule is CN/C1=C(\C=N)c2cc(cc(C)n2)C(=O)/N=C2\Nc3cc(Cl)c(N)cc3N2CC(C)CCCO1. The molecule has 10 heteroatoms. The van der Waals surface area contributed by atoms with Gasteiger partial charge in [-0.2, -0.15) is 4.99 Å². The smallest absolute Gasteiger partial charge is 0.280 e. The lowest BCUT2D eigenvalue weighted by molar-refractivity contribution is 0.100. The van der Waals surface area contributed by atoms with Gasteiger partial charge in [-0.25, -0.2) is 0 Å². The minimum atomic E-state index is -0.426. The van der Waals surface area contributed by atoms with Crippen molar-refractivity contribution in [3.8, 4) is 0 Å². The van der Waals surface area contributed by atoms with Gasteiger partial charge in [0.05, 0.1) is 40.0 Å². The van der Waals surface area contributed by atoms with Crippen LogP contribution in [0.1, 0.15) is 41.5 Å². The second-order valence-corrected chi connectivity index (χ2v) is 8.89. The van der Waals surface area contributed by atoms with Crippen LogP contribution in [-0.4, -0.2) is 43.3 Å². The Balaban J connectivity index is 1.83. The number of nitrogens with two attached hydrogens (primary N) is 1. The molecule has 2 bridgehead atoms. The number of aliphatic imine (C=N–C) groups is 1. The summed E-state index contributed by atoms with van der Waals surface area (Å²) in [5.41, 5.74) is 10.0. The number of carbonyl (C=O) groups excluding carboxylic acids is 1. The van der Waals surface area contributed by atoms with Crippen molar-refractivity contribution in [2.24, 2.45) is 10.9 Å². The van der Waals surface area contributed by atoms with E-state index in [9.17, 15) is 4.79 Å². The number of aryl methyl sites for hydroxylation is 1. The van der Waals surface area contributed by atoms with Crippen molar-refractivity contribution in [2.75, 3.05) is 36.1 Å². The van der Waals surface area contributed by atoms with E-state index in [4.69, 9.17) is 27.5 Å². The molecule has 4 rings (SSSR count). The number of anilines is 3. The topological polar surface area (TPSA) is 129 Å². The lowest BCUT2D eigenvalue weighted by Gasteiger charge is -2.23. The molecule has 178 valence electrons. The first-order chi connectivity index (χ1) is 16.3. The van der Waals surface area contributed by atoms with Gasteiger partial charge >= 0.3 is 0 Å². The highest BCUT2D eigenvalue weighted by molar-refractivity contribution is 6.34. The Labute approximate surface area is 203 Å². The molecule has 34 heavy (non-hydrogen) atoms. The first-order valence-electron chi connectivity index (χ1n) is 11.1. The molecule has 0 aliphatic carbocycles. The van der Waals surface area contributed by atoms with Crippen LogP contribution in [0.3, 0.4) is 0 Å². The molecule has 1 aromatic carbocycles. The number of nitrogens with zero attached hydrogens (tertiary/aromatic N) is 3. The Morgan fingerprint density at radius 1 is 1.35 bits per heavy atom. The number of amides is 1. The van der Waals surface area contributed by atoms with Crippen molar-refractivity contribution in [3.05, 3.63) is 52.1 Å². The molecule has 0 fully saturated rings. The summed E-state index contributed by atoms with van der Waals surface area (Å²) in [4.78, 5) is 24.2. The van der Waals surface area contributed by atoms with E-state index in [1.54, 1.807) is 38.2 Å². The minimum absolute atomic E-state index is 0.271. The van der Waals surface area contributed by atoms with Gasteiger partial charge < -0.3 is 31.4 Å². The molecule has 9 nitrogen and oxygen atoms in total. The quantitative estimate of drug-likeness (QED) is 0.376. The number of hydrogen-bond donors (Lipinski definition) is 4. The Morgan fingerprint density at radius 3 is 2.88 bits per heavy atom. The third kappa shape index (κ3) is 4.70. The van der Waals surface area contributed by atoms with Gasteiger partial charge in [0.15, 0.2) is 5.88 Å². The number of fused-ring (bicyclic) bond motifs is 5. The van der Waals surface area contributed by atoms with Crippen molar-refractivity contribution in [2.45, 2.75) is 26.7 Å². The normalized spacial score (nSPS) is 22.2. The van der Waals surface area contributed by atoms with Gasteiger partial charge in [-0.1, -0.05) is 18.5 Å². The molecule has 1 atom stereocenters. The van der Waals surface area contributed by atoms with Crippen LogP contribution in [0.25, 0.3) is 5.57 Å². The van der Waals surface area contributed by atoms with Crippen molar-refractivity contribution in [3.63, 3.8) is 0 Å². The highest BCUT2D eigenvalue weighted by Gasteiger charge is 2.29. The summed E-state index contributed by atoms with van der Waals surface area (Å²) in [6.45, 7) is 5.05. The number of pyridine rings is 1. The lowest BCUT2D eigenvalue weighted by atomic mass is 10.1. The van der Waals surface area contributed by atoms with Crippen molar-refractivity contribution in [1.29, 1.82) is 5.41 Å². The maximum Gasteiger partial charge on any atom is 0.280 e. The number of nitrogen functional groups attached to an aromatic ring is 1. The number of hydrogen-bond acceptors (Lipinski definition) is 8. The van der Waals surface area contributed by atoms with Gasteiger partial charge in [-0.3, -0.25) is 9.78 Å². The Kier molecular flexibility index (Phi) is 6.74. The third-order valence-electron chi connectivity index (χ3n) is 5.79. The molecule has 5 N–H and O–H groups in total. The van der Waals surface area contributed by atoms with E-state index in [1.807, 2.05) is 4.90 Å². The van der Waals surface area contributed by atoms with Crippen molar-refractivity contribution >= 4 is 52.3 Å². The molecule has 2 aromatic rings. The summed E-state index contributed by atoms with van der Waals surface area (Å²) < 4.78 is 5.96. The van der Waals surface area contributed by atoms with Crippen molar-refractivity contribution < 1.29 is 9.53 Å². The summed E-state index contributed by atoms with van der Waals surface area (Å²) in [5, 5.41) is 14.6. The predicted octanol–water partition coefficient (Wildman–Crippen LogP) is 4.04. The van der Waals surface area contributed by atoms with E-state index < -0.39 is 5.91 Å². The Bertz CT molecular complexity index is 1210. The van der Waals surface area contributed by atoms with Crippen LogP contribution < -0.4 is 21.3 Å². The molecule has 3 heterocycles. The zero-order valence-corrected chi connectivity index (χ0v) is 20.2. The van der Waals surface area contributed by atoms with Gasteiger partial charge in [0.25, 0.3) is 5.91 Å². The first-order valence-corrected chi connectivity index (χ1v) is 11.5. The molecule has 0 saturated carbocycles. The number of ether oxygens (including phenoxy) is 1. The van der Waals surface area contributed by atoms with Crippen LogP contribution in [0, 0.1) is 18.3 Å². The maximum atomic E-state index is 13.3. The van der Waals surface area contributed by atoms with Gasteiger partial charge in [0, 0.05) is 31.1 Å².